The van der Waals surface area contributed by atoms with Crippen molar-refractivity contribution >= 4 is 34.2 Å². The Labute approximate surface area is 156 Å². The van der Waals surface area contributed by atoms with Gasteiger partial charge in [0.05, 0.1) is 18.1 Å². The number of carbonyl (C=O) groups is 3. The smallest absolute Gasteiger partial charge is 0.341 e. The molecule has 140 valence electrons. The maximum Gasteiger partial charge on any atom is 0.341 e. The lowest BCUT2D eigenvalue weighted by atomic mass is 9.62. The van der Waals surface area contributed by atoms with Crippen molar-refractivity contribution in [1.82, 2.24) is 0 Å². The Morgan fingerprint density at radius 1 is 1.19 bits per heavy atom. The number of fused-ring (bicyclic) bond motifs is 2. The first-order valence-corrected chi connectivity index (χ1v) is 9.63. The van der Waals surface area contributed by atoms with Crippen molar-refractivity contribution in [2.75, 3.05) is 11.9 Å². The van der Waals surface area contributed by atoms with E-state index in [1.54, 1.807) is 6.92 Å². The summed E-state index contributed by atoms with van der Waals surface area (Å²) in [4.78, 5) is 37.8. The second kappa shape index (κ2) is 7.23. The van der Waals surface area contributed by atoms with E-state index >= 15 is 0 Å². The van der Waals surface area contributed by atoms with Crippen molar-refractivity contribution in [3.63, 3.8) is 0 Å². The summed E-state index contributed by atoms with van der Waals surface area (Å²) >= 11 is 1.30. The monoisotopic (exact) mass is 376 g/mol. The molecule has 1 N–H and O–H groups in total. The van der Waals surface area contributed by atoms with Crippen molar-refractivity contribution in [2.45, 2.75) is 33.6 Å². The number of carboxylic acids is 1. The number of aliphatic carboxylic acids is 1. The summed E-state index contributed by atoms with van der Waals surface area (Å²) in [6.07, 6.45) is 5.38. The van der Waals surface area contributed by atoms with Gasteiger partial charge in [-0.05, 0) is 51.0 Å². The number of carbonyl (C=O) groups excluding carboxylic acids is 3. The summed E-state index contributed by atoms with van der Waals surface area (Å²) < 4.78 is 5.10. The fourth-order valence-electron chi connectivity index (χ4n) is 4.03. The van der Waals surface area contributed by atoms with Crippen molar-refractivity contribution in [1.29, 1.82) is 0 Å². The van der Waals surface area contributed by atoms with Gasteiger partial charge in [0.2, 0.25) is 5.91 Å². The molecule has 1 fully saturated rings. The molecule has 4 atom stereocenters. The first kappa shape index (κ1) is 18.6. The zero-order valence-electron chi connectivity index (χ0n) is 15.0. The van der Waals surface area contributed by atoms with Crippen LogP contribution in [0.25, 0.3) is 0 Å². The van der Waals surface area contributed by atoms with E-state index in [9.17, 15) is 19.5 Å². The Morgan fingerprint density at radius 2 is 1.81 bits per heavy atom. The zero-order chi connectivity index (χ0) is 19.0. The molecule has 1 heterocycles. The van der Waals surface area contributed by atoms with E-state index in [-0.39, 0.29) is 24.3 Å². The predicted molar refractivity (Wildman–Crippen MR) is 95.7 cm³/mol. The first-order chi connectivity index (χ1) is 12.3. The van der Waals surface area contributed by atoms with Crippen LogP contribution < -0.4 is 10.4 Å². The van der Waals surface area contributed by atoms with Crippen molar-refractivity contribution in [3.05, 3.63) is 28.2 Å². The summed E-state index contributed by atoms with van der Waals surface area (Å²) in [5, 5.41) is 14.9. The minimum Gasteiger partial charge on any atom is -0.550 e. The largest absolute Gasteiger partial charge is 0.550 e. The van der Waals surface area contributed by atoms with Gasteiger partial charge >= 0.3 is 5.97 Å². The molecule has 2 bridgehead atoms. The van der Waals surface area contributed by atoms with Crippen LogP contribution in [-0.2, 0) is 14.3 Å². The number of rotatable bonds is 5. The van der Waals surface area contributed by atoms with Crippen LogP contribution in [0.2, 0.25) is 0 Å². The van der Waals surface area contributed by atoms with Crippen molar-refractivity contribution < 1.29 is 24.2 Å². The number of carboxylic acid groups (broad SMARTS) is 1. The van der Waals surface area contributed by atoms with Crippen LogP contribution in [0.4, 0.5) is 5.00 Å². The molecule has 4 rings (SSSR count). The predicted octanol–water partition coefficient (Wildman–Crippen LogP) is 2.06. The second-order valence-corrected chi connectivity index (χ2v) is 8.08. The Morgan fingerprint density at radius 3 is 2.35 bits per heavy atom. The minimum absolute atomic E-state index is 0.115. The summed E-state index contributed by atoms with van der Waals surface area (Å²) in [6.45, 7) is 5.64. The molecule has 1 saturated carbocycles. The van der Waals surface area contributed by atoms with E-state index in [0.717, 1.165) is 23.3 Å². The Balaban J connectivity index is 1.88. The molecule has 0 spiro atoms. The maximum absolute atomic E-state index is 12.9. The third-order valence-electron chi connectivity index (χ3n) is 5.42. The number of ether oxygens (including phenoxy) is 1. The van der Waals surface area contributed by atoms with Gasteiger partial charge in [-0.1, -0.05) is 12.2 Å². The standard InChI is InChI=1S/C19H23NO5S/c1-4-25-19(24)13-9(2)10(3)26-17(13)20-16(21)14-11-5-7-12(8-6-11)15(14)18(22)23/h5,7,11-12,14-15H,4,6,8H2,1-3H3,(H,20,21)(H,22,23)/p-1/t11-,12-,14+,15-/m0/s1. The summed E-state index contributed by atoms with van der Waals surface area (Å²) in [6, 6.07) is 0. The van der Waals surface area contributed by atoms with Gasteiger partial charge < -0.3 is 20.0 Å². The van der Waals surface area contributed by atoms with Gasteiger partial charge in [0, 0.05) is 16.8 Å². The SMILES string of the molecule is CCOC(=O)c1c(NC(=O)[C@H]2[C@@H](C(=O)[O-])[C@H]3C=C[C@H]2CC3)sc(C)c1C. The molecule has 6 nitrogen and oxygen atoms in total. The molecule has 0 unspecified atom stereocenters. The molecule has 3 aliphatic carbocycles. The number of allylic oxidation sites excluding steroid dienone is 2. The Bertz CT molecular complexity index is 781. The molecular formula is C19H22NO5S-. The number of hydrogen-bond acceptors (Lipinski definition) is 6. The molecule has 0 aromatic carbocycles. The molecule has 0 radical (unpaired) electrons. The average Bonchev–Trinajstić information content (AvgIpc) is 2.89. The lowest BCUT2D eigenvalue weighted by Crippen LogP contribution is -2.51. The lowest BCUT2D eigenvalue weighted by molar-refractivity contribution is -0.316. The number of thiophene rings is 1. The van der Waals surface area contributed by atoms with Crippen LogP contribution >= 0.6 is 11.3 Å². The van der Waals surface area contributed by atoms with Crippen molar-refractivity contribution in [3.8, 4) is 0 Å². The molecule has 1 aromatic heterocycles. The fraction of sp³-hybridized carbons (Fsp3) is 0.526. The van der Waals surface area contributed by atoms with Crippen LogP contribution in [0.1, 0.15) is 40.6 Å². The third kappa shape index (κ3) is 3.16. The normalized spacial score (nSPS) is 26.6. The highest BCUT2D eigenvalue weighted by Crippen LogP contribution is 2.45. The summed E-state index contributed by atoms with van der Waals surface area (Å²) in [5.74, 6) is -3.83. The van der Waals surface area contributed by atoms with Gasteiger partial charge in [0.25, 0.3) is 0 Å². The summed E-state index contributed by atoms with van der Waals surface area (Å²) in [5.41, 5.74) is 1.12. The molecule has 1 amide bonds. The number of hydrogen-bond donors (Lipinski definition) is 1. The Kier molecular flexibility index (Phi) is 5.18. The molecule has 0 aliphatic heterocycles. The topological polar surface area (TPSA) is 95.5 Å². The van der Waals surface area contributed by atoms with E-state index in [1.165, 1.54) is 11.3 Å². The zero-order valence-corrected chi connectivity index (χ0v) is 15.9. The molecule has 26 heavy (non-hydrogen) atoms. The van der Waals surface area contributed by atoms with Crippen LogP contribution in [-0.4, -0.2) is 24.5 Å². The quantitative estimate of drug-likeness (QED) is 0.627. The third-order valence-corrected chi connectivity index (χ3v) is 6.55. The van der Waals surface area contributed by atoms with Gasteiger partial charge in [-0.2, -0.15) is 0 Å². The average molecular weight is 376 g/mol. The fourth-order valence-corrected chi connectivity index (χ4v) is 5.08. The van der Waals surface area contributed by atoms with Gasteiger partial charge in [0.1, 0.15) is 5.00 Å². The molecule has 7 heteroatoms. The molecule has 0 saturated heterocycles. The number of nitrogens with one attached hydrogen (secondary N) is 1. The lowest BCUT2D eigenvalue weighted by Gasteiger charge is -2.44. The maximum atomic E-state index is 12.9. The van der Waals surface area contributed by atoms with Crippen LogP contribution in [0.15, 0.2) is 12.2 Å². The van der Waals surface area contributed by atoms with E-state index < -0.39 is 23.8 Å². The Hall–Kier alpha value is -2.15. The van der Waals surface area contributed by atoms with Crippen molar-refractivity contribution in [2.24, 2.45) is 23.7 Å². The highest BCUT2D eigenvalue weighted by Gasteiger charge is 2.45. The van der Waals surface area contributed by atoms with Gasteiger partial charge in [-0.15, -0.1) is 11.3 Å². The van der Waals surface area contributed by atoms with E-state index in [4.69, 9.17) is 4.74 Å². The molecule has 1 aromatic rings. The number of esters is 1. The number of aryl methyl sites for hydroxylation is 1. The summed E-state index contributed by atoms with van der Waals surface area (Å²) in [7, 11) is 0. The molecule has 3 aliphatic rings. The highest BCUT2D eigenvalue weighted by atomic mass is 32.1. The first-order valence-electron chi connectivity index (χ1n) is 8.82. The molecular weight excluding hydrogens is 354 g/mol. The second-order valence-electron chi connectivity index (χ2n) is 6.86. The highest BCUT2D eigenvalue weighted by molar-refractivity contribution is 7.16. The van der Waals surface area contributed by atoms with Gasteiger partial charge in [-0.3, -0.25) is 4.79 Å². The van der Waals surface area contributed by atoms with Crippen LogP contribution in [0.5, 0.6) is 0 Å². The van der Waals surface area contributed by atoms with Gasteiger partial charge in [0.15, 0.2) is 0 Å². The number of anilines is 1. The van der Waals surface area contributed by atoms with E-state index in [1.807, 2.05) is 26.0 Å². The minimum atomic E-state index is -1.19. The van der Waals surface area contributed by atoms with E-state index in [0.29, 0.717) is 10.6 Å². The van der Waals surface area contributed by atoms with Crippen LogP contribution in [0, 0.1) is 37.5 Å². The van der Waals surface area contributed by atoms with Crippen LogP contribution in [0.3, 0.4) is 0 Å². The van der Waals surface area contributed by atoms with E-state index in [2.05, 4.69) is 5.32 Å². The van der Waals surface area contributed by atoms with Gasteiger partial charge in [-0.25, -0.2) is 4.79 Å². The number of amides is 1.